The van der Waals surface area contributed by atoms with Crippen LogP contribution in [0.3, 0.4) is 0 Å². The zero-order valence-corrected chi connectivity index (χ0v) is 7.71. The van der Waals surface area contributed by atoms with E-state index in [9.17, 15) is 4.79 Å². The molecule has 1 aliphatic carbocycles. The van der Waals surface area contributed by atoms with Crippen LogP contribution in [-0.2, 0) is 11.2 Å². The topological polar surface area (TPSA) is 17.1 Å². The van der Waals surface area contributed by atoms with E-state index in [1.54, 1.807) is 6.08 Å². The highest BCUT2D eigenvalue weighted by molar-refractivity contribution is 5.98. The first kappa shape index (κ1) is 8.24. The molecular formula is C12H12O. The second kappa shape index (κ2) is 3.17. The fourth-order valence-electron chi connectivity index (χ4n) is 1.77. The molecule has 1 aliphatic rings. The van der Waals surface area contributed by atoms with Crippen LogP contribution in [0, 0.1) is 0 Å². The van der Waals surface area contributed by atoms with E-state index in [1.165, 1.54) is 11.1 Å². The van der Waals surface area contributed by atoms with Crippen molar-refractivity contribution in [3.8, 4) is 0 Å². The molecule has 1 aromatic rings. The fraction of sp³-hybridized carbons (Fsp3) is 0.250. The van der Waals surface area contributed by atoms with Gasteiger partial charge in [0.05, 0.1) is 0 Å². The van der Waals surface area contributed by atoms with E-state index in [4.69, 9.17) is 0 Å². The summed E-state index contributed by atoms with van der Waals surface area (Å²) in [7, 11) is 0. The lowest BCUT2D eigenvalue weighted by Gasteiger charge is -2.04. The highest BCUT2D eigenvalue weighted by atomic mass is 16.1. The molecule has 0 aromatic heterocycles. The number of benzene rings is 1. The molecule has 0 amide bonds. The molecule has 1 aromatic carbocycles. The number of hydrogen-bond acceptors (Lipinski definition) is 1. The minimum Gasteiger partial charge on any atom is -0.295 e. The number of rotatable bonds is 0. The Hall–Kier alpha value is -1.37. The average molecular weight is 172 g/mol. The monoisotopic (exact) mass is 172 g/mol. The number of fused-ring (bicyclic) bond motifs is 1. The first-order valence-corrected chi connectivity index (χ1v) is 4.57. The molecule has 13 heavy (non-hydrogen) atoms. The highest BCUT2D eigenvalue weighted by Crippen LogP contribution is 2.23. The molecule has 0 bridgehead atoms. The third kappa shape index (κ3) is 1.55. The standard InChI is InChI=1S/C12H12O/c1-9-8-11(13)7-6-10-4-2-3-5-12(9)10/h2-5,8H,6-7H2,1H3. The zero-order valence-electron chi connectivity index (χ0n) is 7.71. The molecule has 0 heterocycles. The van der Waals surface area contributed by atoms with E-state index in [2.05, 4.69) is 12.1 Å². The van der Waals surface area contributed by atoms with Crippen molar-refractivity contribution in [2.75, 3.05) is 0 Å². The van der Waals surface area contributed by atoms with Crippen LogP contribution in [0.5, 0.6) is 0 Å². The van der Waals surface area contributed by atoms with Gasteiger partial charge >= 0.3 is 0 Å². The van der Waals surface area contributed by atoms with Crippen molar-refractivity contribution in [3.63, 3.8) is 0 Å². The molecule has 1 nitrogen and oxygen atoms in total. The summed E-state index contributed by atoms with van der Waals surface area (Å²) in [6, 6.07) is 8.24. The van der Waals surface area contributed by atoms with E-state index in [1.807, 2.05) is 19.1 Å². The number of carbonyl (C=O) groups is 1. The molecule has 66 valence electrons. The highest BCUT2D eigenvalue weighted by Gasteiger charge is 2.10. The molecule has 0 radical (unpaired) electrons. The van der Waals surface area contributed by atoms with Gasteiger partial charge in [-0.1, -0.05) is 24.3 Å². The van der Waals surface area contributed by atoms with E-state index in [-0.39, 0.29) is 5.78 Å². The summed E-state index contributed by atoms with van der Waals surface area (Å²) in [6.07, 6.45) is 3.28. The van der Waals surface area contributed by atoms with E-state index >= 15 is 0 Å². The molecule has 0 unspecified atom stereocenters. The SMILES string of the molecule is CC1=CC(=O)CCc2ccccc21. The molecule has 0 saturated carbocycles. The van der Waals surface area contributed by atoms with Gasteiger partial charge in [0.25, 0.3) is 0 Å². The van der Waals surface area contributed by atoms with Crippen molar-refractivity contribution >= 4 is 11.4 Å². The number of allylic oxidation sites excluding steroid dienone is 2. The van der Waals surface area contributed by atoms with Crippen molar-refractivity contribution < 1.29 is 4.79 Å². The smallest absolute Gasteiger partial charge is 0.156 e. The Morgan fingerprint density at radius 3 is 2.77 bits per heavy atom. The quantitative estimate of drug-likeness (QED) is 0.588. The minimum absolute atomic E-state index is 0.244. The summed E-state index contributed by atoms with van der Waals surface area (Å²) in [5.74, 6) is 0.244. The van der Waals surface area contributed by atoms with Crippen LogP contribution in [0.1, 0.15) is 24.5 Å². The van der Waals surface area contributed by atoms with Crippen LogP contribution < -0.4 is 0 Å². The molecule has 0 N–H and O–H groups in total. The molecule has 0 aliphatic heterocycles. The molecule has 0 spiro atoms. The van der Waals surface area contributed by atoms with E-state index in [0.717, 1.165) is 12.0 Å². The van der Waals surface area contributed by atoms with Gasteiger partial charge in [-0.25, -0.2) is 0 Å². The van der Waals surface area contributed by atoms with Crippen molar-refractivity contribution in [2.45, 2.75) is 19.8 Å². The van der Waals surface area contributed by atoms with Gasteiger partial charge < -0.3 is 0 Å². The van der Waals surface area contributed by atoms with E-state index in [0.29, 0.717) is 6.42 Å². The lowest BCUT2D eigenvalue weighted by atomic mass is 10.0. The lowest BCUT2D eigenvalue weighted by Crippen LogP contribution is -1.92. The first-order valence-electron chi connectivity index (χ1n) is 4.57. The maximum Gasteiger partial charge on any atom is 0.156 e. The largest absolute Gasteiger partial charge is 0.295 e. The molecule has 0 atom stereocenters. The predicted octanol–water partition coefficient (Wildman–Crippen LogP) is 2.61. The number of ketones is 1. The third-order valence-electron chi connectivity index (χ3n) is 2.46. The summed E-state index contributed by atoms with van der Waals surface area (Å²) >= 11 is 0. The van der Waals surface area contributed by atoms with Gasteiger partial charge in [0.2, 0.25) is 0 Å². The maximum atomic E-state index is 11.3. The minimum atomic E-state index is 0.244. The normalized spacial score (nSPS) is 16.1. The van der Waals surface area contributed by atoms with Gasteiger partial charge in [-0.05, 0) is 36.1 Å². The number of hydrogen-bond donors (Lipinski definition) is 0. The molecule has 0 saturated heterocycles. The average Bonchev–Trinajstić information content (AvgIpc) is 2.27. The van der Waals surface area contributed by atoms with Crippen molar-refractivity contribution in [3.05, 3.63) is 41.5 Å². The van der Waals surface area contributed by atoms with Gasteiger partial charge in [0.1, 0.15) is 0 Å². The van der Waals surface area contributed by atoms with Gasteiger partial charge in [-0.15, -0.1) is 0 Å². The number of aryl methyl sites for hydroxylation is 1. The molecule has 1 heteroatoms. The first-order chi connectivity index (χ1) is 6.27. The Balaban J connectivity index is 2.54. The van der Waals surface area contributed by atoms with Crippen LogP contribution in [0.2, 0.25) is 0 Å². The molecular weight excluding hydrogens is 160 g/mol. The molecule has 0 fully saturated rings. The van der Waals surface area contributed by atoms with Gasteiger partial charge in [0.15, 0.2) is 5.78 Å². The predicted molar refractivity (Wildman–Crippen MR) is 53.4 cm³/mol. The summed E-state index contributed by atoms with van der Waals surface area (Å²) in [6.45, 7) is 2.00. The maximum absolute atomic E-state index is 11.3. The fourth-order valence-corrected chi connectivity index (χ4v) is 1.77. The summed E-state index contributed by atoms with van der Waals surface area (Å²) in [5, 5.41) is 0. The Kier molecular flexibility index (Phi) is 2.01. The summed E-state index contributed by atoms with van der Waals surface area (Å²) in [4.78, 5) is 11.3. The Morgan fingerprint density at radius 2 is 1.92 bits per heavy atom. The van der Waals surface area contributed by atoms with Gasteiger partial charge in [-0.2, -0.15) is 0 Å². The van der Waals surface area contributed by atoms with Gasteiger partial charge in [-0.3, -0.25) is 4.79 Å². The molecule has 2 rings (SSSR count). The number of carbonyl (C=O) groups excluding carboxylic acids is 1. The van der Waals surface area contributed by atoms with Crippen molar-refractivity contribution in [1.29, 1.82) is 0 Å². The van der Waals surface area contributed by atoms with Crippen LogP contribution in [-0.4, -0.2) is 5.78 Å². The third-order valence-corrected chi connectivity index (χ3v) is 2.46. The zero-order chi connectivity index (χ0) is 9.26. The van der Waals surface area contributed by atoms with Crippen LogP contribution in [0.4, 0.5) is 0 Å². The van der Waals surface area contributed by atoms with Crippen LogP contribution >= 0.6 is 0 Å². The Morgan fingerprint density at radius 1 is 1.15 bits per heavy atom. The Labute approximate surface area is 78.1 Å². The van der Waals surface area contributed by atoms with Crippen LogP contribution in [0.25, 0.3) is 5.57 Å². The second-order valence-corrected chi connectivity index (χ2v) is 3.45. The van der Waals surface area contributed by atoms with Crippen molar-refractivity contribution in [2.24, 2.45) is 0 Å². The lowest BCUT2D eigenvalue weighted by molar-refractivity contribution is -0.114. The van der Waals surface area contributed by atoms with Gasteiger partial charge in [0, 0.05) is 6.42 Å². The van der Waals surface area contributed by atoms with Crippen LogP contribution in [0.15, 0.2) is 30.3 Å². The summed E-state index contributed by atoms with van der Waals surface area (Å²) < 4.78 is 0. The second-order valence-electron chi connectivity index (χ2n) is 3.45. The Bertz CT molecular complexity index is 374. The van der Waals surface area contributed by atoms with Crippen molar-refractivity contribution in [1.82, 2.24) is 0 Å². The summed E-state index contributed by atoms with van der Waals surface area (Å²) in [5.41, 5.74) is 3.62. The van der Waals surface area contributed by atoms with E-state index < -0.39 is 0 Å².